The summed E-state index contributed by atoms with van der Waals surface area (Å²) in [5, 5.41) is 0.742. The fourth-order valence-electron chi connectivity index (χ4n) is 1.39. The van der Waals surface area contributed by atoms with Gasteiger partial charge in [0.05, 0.1) is 6.61 Å². The van der Waals surface area contributed by atoms with Gasteiger partial charge in [0.1, 0.15) is 0 Å². The van der Waals surface area contributed by atoms with E-state index in [-0.39, 0.29) is 6.61 Å². The molecule has 5 nitrogen and oxygen atoms in total. The Labute approximate surface area is 107 Å². The van der Waals surface area contributed by atoms with Gasteiger partial charge in [-0.15, -0.1) is 0 Å². The van der Waals surface area contributed by atoms with E-state index < -0.39 is 5.91 Å². The van der Waals surface area contributed by atoms with Crippen molar-refractivity contribution in [1.29, 1.82) is 0 Å². The molecule has 0 aromatic heterocycles. The van der Waals surface area contributed by atoms with Gasteiger partial charge in [-0.2, -0.15) is 5.06 Å². The van der Waals surface area contributed by atoms with Crippen molar-refractivity contribution >= 4 is 12.3 Å². The number of amides is 2. The zero-order valence-electron chi connectivity index (χ0n) is 10.9. The first kappa shape index (κ1) is 14.3. The molecule has 1 rings (SSSR count). The van der Waals surface area contributed by atoms with Gasteiger partial charge in [0.15, 0.2) is 0 Å². The molecule has 1 aromatic rings. The standard InChI is InChI=1S/C13H18N2O3/c1-11-6-4-5-7-12(11)13(17)15(10-16)18-9-8-14(2)3/h4-7,10H,8-9H2,1-3H3. The minimum Gasteiger partial charge on any atom is -0.307 e. The van der Waals surface area contributed by atoms with E-state index in [9.17, 15) is 9.59 Å². The van der Waals surface area contributed by atoms with Crippen LogP contribution in [-0.2, 0) is 9.63 Å². The maximum absolute atomic E-state index is 12.0. The Morgan fingerprint density at radius 3 is 2.56 bits per heavy atom. The van der Waals surface area contributed by atoms with Crippen molar-refractivity contribution in [3.05, 3.63) is 35.4 Å². The number of hydroxylamine groups is 2. The first-order chi connectivity index (χ1) is 8.56. The first-order valence-corrected chi connectivity index (χ1v) is 5.68. The Hall–Kier alpha value is -1.72. The molecule has 18 heavy (non-hydrogen) atoms. The second kappa shape index (κ2) is 6.88. The molecule has 0 saturated heterocycles. The highest BCUT2D eigenvalue weighted by Gasteiger charge is 2.17. The third kappa shape index (κ3) is 3.94. The SMILES string of the molecule is Cc1ccccc1C(=O)N(C=O)OCCN(C)C. The van der Waals surface area contributed by atoms with Gasteiger partial charge in [-0.05, 0) is 32.6 Å². The summed E-state index contributed by atoms with van der Waals surface area (Å²) in [5.41, 5.74) is 1.28. The van der Waals surface area contributed by atoms with E-state index in [0.29, 0.717) is 18.5 Å². The lowest BCUT2D eigenvalue weighted by atomic mass is 10.1. The molecular formula is C13H18N2O3. The average Bonchev–Trinajstić information content (AvgIpc) is 2.34. The summed E-state index contributed by atoms with van der Waals surface area (Å²) in [7, 11) is 3.77. The Balaban J connectivity index is 2.68. The number of benzene rings is 1. The maximum Gasteiger partial charge on any atom is 0.284 e. The van der Waals surface area contributed by atoms with E-state index in [1.165, 1.54) is 0 Å². The van der Waals surface area contributed by atoms with Gasteiger partial charge < -0.3 is 4.90 Å². The van der Waals surface area contributed by atoms with Crippen LogP contribution in [0.2, 0.25) is 0 Å². The molecule has 0 unspecified atom stereocenters. The number of hydrogen-bond donors (Lipinski definition) is 0. The molecule has 0 heterocycles. The van der Waals surface area contributed by atoms with E-state index >= 15 is 0 Å². The Morgan fingerprint density at radius 2 is 2.00 bits per heavy atom. The quantitative estimate of drug-likeness (QED) is 0.560. The summed E-state index contributed by atoms with van der Waals surface area (Å²) in [5.74, 6) is -0.443. The second-order valence-corrected chi connectivity index (χ2v) is 4.19. The minimum absolute atomic E-state index is 0.281. The number of carbonyl (C=O) groups excluding carboxylic acids is 2. The van der Waals surface area contributed by atoms with Crippen LogP contribution in [0.1, 0.15) is 15.9 Å². The van der Waals surface area contributed by atoms with Crippen LogP contribution in [0.3, 0.4) is 0 Å². The number of aryl methyl sites for hydroxylation is 1. The van der Waals surface area contributed by atoms with Crippen LogP contribution in [-0.4, -0.2) is 49.5 Å². The molecule has 0 radical (unpaired) electrons. The molecule has 0 atom stereocenters. The van der Waals surface area contributed by atoms with Crippen molar-refractivity contribution in [2.75, 3.05) is 27.2 Å². The number of carbonyl (C=O) groups is 2. The van der Waals surface area contributed by atoms with Crippen LogP contribution in [0, 0.1) is 6.92 Å². The van der Waals surface area contributed by atoms with Crippen molar-refractivity contribution in [2.45, 2.75) is 6.92 Å². The second-order valence-electron chi connectivity index (χ2n) is 4.19. The molecule has 98 valence electrons. The number of nitrogens with zero attached hydrogens (tertiary/aromatic N) is 2. The summed E-state index contributed by atoms with van der Waals surface area (Å²) >= 11 is 0. The molecule has 0 N–H and O–H groups in total. The van der Waals surface area contributed by atoms with Crippen LogP contribution in [0.25, 0.3) is 0 Å². The third-order valence-corrected chi connectivity index (χ3v) is 2.44. The topological polar surface area (TPSA) is 49.9 Å². The number of hydrogen-bond acceptors (Lipinski definition) is 4. The summed E-state index contributed by atoms with van der Waals surface area (Å²) in [6.45, 7) is 2.73. The molecule has 2 amide bonds. The lowest BCUT2D eigenvalue weighted by Gasteiger charge is -2.17. The molecule has 0 spiro atoms. The van der Waals surface area contributed by atoms with E-state index in [2.05, 4.69) is 0 Å². The molecule has 0 aliphatic carbocycles. The molecule has 0 bridgehead atoms. The number of likely N-dealkylation sites (N-methyl/N-ethyl adjacent to an activating group) is 1. The van der Waals surface area contributed by atoms with Crippen molar-refractivity contribution in [2.24, 2.45) is 0 Å². The van der Waals surface area contributed by atoms with E-state index in [0.717, 1.165) is 10.6 Å². The van der Waals surface area contributed by atoms with Crippen LogP contribution in [0.15, 0.2) is 24.3 Å². The summed E-state index contributed by atoms with van der Waals surface area (Å²) in [6, 6.07) is 7.08. The van der Waals surface area contributed by atoms with Crippen molar-refractivity contribution < 1.29 is 14.4 Å². The maximum atomic E-state index is 12.0. The van der Waals surface area contributed by atoms with Gasteiger partial charge in [0, 0.05) is 12.1 Å². The van der Waals surface area contributed by atoms with Gasteiger partial charge in [0.25, 0.3) is 5.91 Å². The van der Waals surface area contributed by atoms with Gasteiger partial charge >= 0.3 is 0 Å². The molecular weight excluding hydrogens is 232 g/mol. The smallest absolute Gasteiger partial charge is 0.284 e. The predicted octanol–water partition coefficient (Wildman–Crippen LogP) is 1.09. The highest BCUT2D eigenvalue weighted by molar-refractivity contribution is 5.99. The lowest BCUT2D eigenvalue weighted by molar-refractivity contribution is -0.156. The predicted molar refractivity (Wildman–Crippen MR) is 67.9 cm³/mol. The summed E-state index contributed by atoms with van der Waals surface area (Å²) < 4.78 is 0. The molecule has 1 aromatic carbocycles. The molecule has 0 aliphatic heterocycles. The number of imide groups is 1. The van der Waals surface area contributed by atoms with Crippen molar-refractivity contribution in [3.8, 4) is 0 Å². The van der Waals surface area contributed by atoms with E-state index in [1.54, 1.807) is 12.1 Å². The normalized spacial score (nSPS) is 10.4. The Morgan fingerprint density at radius 1 is 1.33 bits per heavy atom. The zero-order valence-corrected chi connectivity index (χ0v) is 10.9. The number of rotatable bonds is 6. The Kier molecular flexibility index (Phi) is 5.48. The summed E-state index contributed by atoms with van der Waals surface area (Å²) in [6.07, 6.45) is 0.393. The van der Waals surface area contributed by atoms with Crippen LogP contribution in [0.4, 0.5) is 0 Å². The van der Waals surface area contributed by atoms with Crippen LogP contribution < -0.4 is 0 Å². The van der Waals surface area contributed by atoms with Crippen LogP contribution >= 0.6 is 0 Å². The van der Waals surface area contributed by atoms with Crippen molar-refractivity contribution in [1.82, 2.24) is 9.96 Å². The van der Waals surface area contributed by atoms with E-state index in [4.69, 9.17) is 4.84 Å². The van der Waals surface area contributed by atoms with Crippen LogP contribution in [0.5, 0.6) is 0 Å². The van der Waals surface area contributed by atoms with Gasteiger partial charge in [-0.25, -0.2) is 0 Å². The lowest BCUT2D eigenvalue weighted by Crippen LogP contribution is -2.33. The molecule has 5 heteroatoms. The summed E-state index contributed by atoms with van der Waals surface area (Å²) in [4.78, 5) is 30.0. The fraction of sp³-hybridized carbons (Fsp3) is 0.385. The fourth-order valence-corrected chi connectivity index (χ4v) is 1.39. The van der Waals surface area contributed by atoms with Gasteiger partial charge in [-0.1, -0.05) is 18.2 Å². The monoisotopic (exact) mass is 250 g/mol. The molecule has 0 aliphatic rings. The van der Waals surface area contributed by atoms with Crippen molar-refractivity contribution in [3.63, 3.8) is 0 Å². The first-order valence-electron chi connectivity index (χ1n) is 5.68. The average molecular weight is 250 g/mol. The third-order valence-electron chi connectivity index (χ3n) is 2.44. The largest absolute Gasteiger partial charge is 0.307 e. The Bertz CT molecular complexity index is 418. The zero-order chi connectivity index (χ0) is 13.5. The van der Waals surface area contributed by atoms with Gasteiger partial charge in [-0.3, -0.25) is 14.4 Å². The molecule has 0 fully saturated rings. The minimum atomic E-state index is -0.443. The van der Waals surface area contributed by atoms with E-state index in [1.807, 2.05) is 38.1 Å². The highest BCUT2D eigenvalue weighted by Crippen LogP contribution is 2.10. The van der Waals surface area contributed by atoms with Gasteiger partial charge in [0.2, 0.25) is 6.41 Å². The molecule has 0 saturated carbocycles. The highest BCUT2D eigenvalue weighted by atomic mass is 16.7.